The smallest absolute Gasteiger partial charge is 0.220 e. The summed E-state index contributed by atoms with van der Waals surface area (Å²) in [5.41, 5.74) is 6.51. The highest BCUT2D eigenvalue weighted by molar-refractivity contribution is 5.76. The molecule has 0 aliphatic heterocycles. The van der Waals surface area contributed by atoms with E-state index in [0.717, 1.165) is 5.56 Å². The topological polar surface area (TPSA) is 70.9 Å². The predicted octanol–water partition coefficient (Wildman–Crippen LogP) is 0.616. The summed E-state index contributed by atoms with van der Waals surface area (Å²) >= 11 is 0. The van der Waals surface area contributed by atoms with Crippen molar-refractivity contribution in [1.82, 2.24) is 10.3 Å². The van der Waals surface area contributed by atoms with Crippen LogP contribution in [0, 0.1) is 5.92 Å². The van der Waals surface area contributed by atoms with Gasteiger partial charge in [0.1, 0.15) is 0 Å². The Morgan fingerprint density at radius 2 is 2.50 bits per heavy atom. The van der Waals surface area contributed by atoms with E-state index < -0.39 is 0 Å². The molecule has 1 heterocycles. The molecule has 1 aromatic heterocycles. The lowest BCUT2D eigenvalue weighted by atomic mass is 10.1. The van der Waals surface area contributed by atoms with E-state index in [4.69, 9.17) is 5.73 Å². The third-order valence-corrected chi connectivity index (χ3v) is 2.09. The quantitative estimate of drug-likeness (QED) is 0.644. The van der Waals surface area contributed by atoms with Gasteiger partial charge in [-0.05, 0) is 24.1 Å². The average Bonchev–Trinajstić information content (AvgIpc) is 2.67. The molecule has 4 heteroatoms. The van der Waals surface area contributed by atoms with Crippen molar-refractivity contribution in [2.45, 2.75) is 19.9 Å². The second-order valence-corrected chi connectivity index (χ2v) is 3.54. The molecule has 0 aromatic carbocycles. The second-order valence-electron chi connectivity index (χ2n) is 3.54. The first kappa shape index (κ1) is 10.8. The number of aromatic amines is 1. The third kappa shape index (κ3) is 3.62. The highest BCUT2D eigenvalue weighted by Gasteiger charge is 2.06. The summed E-state index contributed by atoms with van der Waals surface area (Å²) in [4.78, 5) is 14.3. The minimum absolute atomic E-state index is 0.0594. The van der Waals surface area contributed by atoms with Gasteiger partial charge in [-0.1, -0.05) is 6.92 Å². The van der Waals surface area contributed by atoms with Crippen molar-refractivity contribution in [2.24, 2.45) is 11.7 Å². The Morgan fingerprint density at radius 1 is 1.71 bits per heavy atom. The minimum atomic E-state index is 0.0594. The number of amides is 1. The Kier molecular flexibility index (Phi) is 4.19. The van der Waals surface area contributed by atoms with Gasteiger partial charge in [-0.3, -0.25) is 4.79 Å². The van der Waals surface area contributed by atoms with Crippen LogP contribution in [-0.2, 0) is 11.3 Å². The predicted molar refractivity (Wildman–Crippen MR) is 55.5 cm³/mol. The van der Waals surface area contributed by atoms with Crippen LogP contribution in [-0.4, -0.2) is 17.4 Å². The largest absolute Gasteiger partial charge is 0.367 e. The Balaban J connectivity index is 2.22. The van der Waals surface area contributed by atoms with Crippen LogP contribution in [0.2, 0.25) is 0 Å². The molecule has 1 unspecified atom stereocenters. The molecule has 0 spiro atoms. The fourth-order valence-electron chi connectivity index (χ4n) is 1.14. The summed E-state index contributed by atoms with van der Waals surface area (Å²) in [6, 6.07) is 1.94. The van der Waals surface area contributed by atoms with E-state index >= 15 is 0 Å². The lowest BCUT2D eigenvalue weighted by Crippen LogP contribution is -2.26. The zero-order chi connectivity index (χ0) is 10.4. The Bertz CT molecular complexity index is 269. The van der Waals surface area contributed by atoms with Gasteiger partial charge in [-0.15, -0.1) is 0 Å². The van der Waals surface area contributed by atoms with Crippen molar-refractivity contribution in [3.63, 3.8) is 0 Å². The fraction of sp³-hybridized carbons (Fsp3) is 0.500. The van der Waals surface area contributed by atoms with Crippen molar-refractivity contribution in [3.8, 4) is 0 Å². The maximum absolute atomic E-state index is 11.3. The van der Waals surface area contributed by atoms with E-state index in [0.29, 0.717) is 19.5 Å². The van der Waals surface area contributed by atoms with Gasteiger partial charge >= 0.3 is 0 Å². The van der Waals surface area contributed by atoms with Crippen LogP contribution in [0.15, 0.2) is 18.5 Å². The molecule has 0 bridgehead atoms. The van der Waals surface area contributed by atoms with Crippen LogP contribution in [0.1, 0.15) is 18.9 Å². The normalized spacial score (nSPS) is 12.4. The lowest BCUT2D eigenvalue weighted by Gasteiger charge is -2.08. The first-order chi connectivity index (χ1) is 6.72. The van der Waals surface area contributed by atoms with Gasteiger partial charge in [0.2, 0.25) is 5.91 Å². The highest BCUT2D eigenvalue weighted by Crippen LogP contribution is 2.00. The lowest BCUT2D eigenvalue weighted by molar-refractivity contribution is -0.122. The van der Waals surface area contributed by atoms with Crippen LogP contribution in [0.25, 0.3) is 0 Å². The summed E-state index contributed by atoms with van der Waals surface area (Å²) < 4.78 is 0. The van der Waals surface area contributed by atoms with Crippen molar-refractivity contribution < 1.29 is 4.79 Å². The van der Waals surface area contributed by atoms with Crippen LogP contribution in [0.5, 0.6) is 0 Å². The first-order valence-corrected chi connectivity index (χ1v) is 4.80. The number of aromatic nitrogens is 1. The van der Waals surface area contributed by atoms with Gasteiger partial charge in [0.05, 0.1) is 0 Å². The number of hydrogen-bond acceptors (Lipinski definition) is 2. The van der Waals surface area contributed by atoms with Crippen LogP contribution in [0.3, 0.4) is 0 Å². The van der Waals surface area contributed by atoms with Crippen molar-refractivity contribution in [2.75, 3.05) is 6.54 Å². The molecular weight excluding hydrogens is 178 g/mol. The molecule has 78 valence electrons. The summed E-state index contributed by atoms with van der Waals surface area (Å²) in [7, 11) is 0. The summed E-state index contributed by atoms with van der Waals surface area (Å²) in [6.45, 7) is 3.10. The van der Waals surface area contributed by atoms with E-state index in [2.05, 4.69) is 10.3 Å². The monoisotopic (exact) mass is 195 g/mol. The molecule has 1 rings (SSSR count). The van der Waals surface area contributed by atoms with Gasteiger partial charge in [-0.25, -0.2) is 0 Å². The van der Waals surface area contributed by atoms with Gasteiger partial charge in [0, 0.05) is 25.4 Å². The molecule has 1 atom stereocenters. The Labute approximate surface area is 83.9 Å². The molecule has 0 saturated carbocycles. The SMILES string of the molecule is CC(CN)CC(=O)NCc1cc[nH]c1. The molecule has 4 N–H and O–H groups in total. The number of nitrogens with one attached hydrogen (secondary N) is 2. The third-order valence-electron chi connectivity index (χ3n) is 2.09. The van der Waals surface area contributed by atoms with Crippen LogP contribution in [0.4, 0.5) is 0 Å². The first-order valence-electron chi connectivity index (χ1n) is 4.80. The molecule has 0 radical (unpaired) electrons. The minimum Gasteiger partial charge on any atom is -0.367 e. The molecule has 4 nitrogen and oxygen atoms in total. The maximum Gasteiger partial charge on any atom is 0.220 e. The summed E-state index contributed by atoms with van der Waals surface area (Å²) in [5.74, 6) is 0.311. The second kappa shape index (κ2) is 5.44. The van der Waals surface area contributed by atoms with Crippen molar-refractivity contribution in [1.29, 1.82) is 0 Å². The highest BCUT2D eigenvalue weighted by atomic mass is 16.1. The number of H-pyrrole nitrogens is 1. The number of carbonyl (C=O) groups is 1. The van der Waals surface area contributed by atoms with Gasteiger partial charge in [0.15, 0.2) is 0 Å². The molecule has 0 aliphatic rings. The zero-order valence-corrected chi connectivity index (χ0v) is 8.42. The summed E-state index contributed by atoms with van der Waals surface area (Å²) in [5, 5.41) is 2.84. The maximum atomic E-state index is 11.3. The van der Waals surface area contributed by atoms with Crippen LogP contribution < -0.4 is 11.1 Å². The number of rotatable bonds is 5. The Hall–Kier alpha value is -1.29. The molecular formula is C10H17N3O. The molecule has 14 heavy (non-hydrogen) atoms. The molecule has 0 saturated heterocycles. The van der Waals surface area contributed by atoms with Gasteiger partial charge < -0.3 is 16.0 Å². The zero-order valence-electron chi connectivity index (χ0n) is 8.42. The standard InChI is InChI=1S/C10H17N3O/c1-8(5-11)4-10(14)13-7-9-2-3-12-6-9/h2-3,6,8,12H,4-5,7,11H2,1H3,(H,13,14). The van der Waals surface area contributed by atoms with Crippen molar-refractivity contribution >= 4 is 5.91 Å². The van der Waals surface area contributed by atoms with Crippen LogP contribution >= 0.6 is 0 Å². The van der Waals surface area contributed by atoms with Crippen molar-refractivity contribution in [3.05, 3.63) is 24.0 Å². The molecule has 1 amide bonds. The fourth-order valence-corrected chi connectivity index (χ4v) is 1.14. The number of hydrogen-bond donors (Lipinski definition) is 3. The average molecular weight is 195 g/mol. The van der Waals surface area contributed by atoms with E-state index in [9.17, 15) is 4.79 Å². The van der Waals surface area contributed by atoms with Gasteiger partial charge in [-0.2, -0.15) is 0 Å². The Morgan fingerprint density at radius 3 is 3.07 bits per heavy atom. The molecule has 0 aliphatic carbocycles. The molecule has 0 fully saturated rings. The van der Waals surface area contributed by atoms with E-state index in [1.54, 1.807) is 0 Å². The van der Waals surface area contributed by atoms with Gasteiger partial charge in [0.25, 0.3) is 0 Å². The van der Waals surface area contributed by atoms with E-state index in [1.165, 1.54) is 0 Å². The number of nitrogens with two attached hydrogens (primary N) is 1. The molecule has 1 aromatic rings. The van der Waals surface area contributed by atoms with E-state index in [-0.39, 0.29) is 11.8 Å². The number of carbonyl (C=O) groups excluding carboxylic acids is 1. The van der Waals surface area contributed by atoms with E-state index in [1.807, 2.05) is 25.4 Å². The summed E-state index contributed by atoms with van der Waals surface area (Å²) in [6.07, 6.45) is 4.21.